The van der Waals surface area contributed by atoms with Gasteiger partial charge in [-0.1, -0.05) is 25.1 Å². The average molecular weight is 234 g/mol. The fourth-order valence-corrected chi connectivity index (χ4v) is 2.14. The summed E-state index contributed by atoms with van der Waals surface area (Å²) in [5.41, 5.74) is 8.05. The molecule has 0 radical (unpaired) electrons. The molecular weight excluding hydrogens is 212 g/mol. The number of nitrogen functional groups attached to an aromatic ring is 1. The normalized spacial score (nSPS) is 17.4. The predicted octanol–water partition coefficient (Wildman–Crippen LogP) is 1.86. The molecule has 1 atom stereocenters. The van der Waals surface area contributed by atoms with Gasteiger partial charge in [-0.05, 0) is 30.4 Å². The van der Waals surface area contributed by atoms with Crippen LogP contribution in [0.15, 0.2) is 24.3 Å². The van der Waals surface area contributed by atoms with E-state index < -0.39 is 0 Å². The Labute approximate surface area is 103 Å². The molecule has 1 aromatic rings. The highest BCUT2D eigenvalue weighted by atomic mass is 16.3. The number of benzene rings is 1. The lowest BCUT2D eigenvalue weighted by atomic mass is 10.1. The van der Waals surface area contributed by atoms with E-state index in [4.69, 9.17) is 10.8 Å². The molecule has 1 aliphatic carbocycles. The lowest BCUT2D eigenvalue weighted by Gasteiger charge is -2.25. The lowest BCUT2D eigenvalue weighted by Crippen LogP contribution is -2.31. The Morgan fingerprint density at radius 3 is 2.71 bits per heavy atom. The topological polar surface area (TPSA) is 49.5 Å². The minimum absolute atomic E-state index is 0.257. The van der Waals surface area contributed by atoms with E-state index in [-0.39, 0.29) is 6.61 Å². The molecule has 0 aromatic heterocycles. The summed E-state index contributed by atoms with van der Waals surface area (Å²) in [7, 11) is 0. The first-order valence-electron chi connectivity index (χ1n) is 6.39. The summed E-state index contributed by atoms with van der Waals surface area (Å²) in [6, 6.07) is 8.75. The van der Waals surface area contributed by atoms with Gasteiger partial charge in [0.1, 0.15) is 0 Å². The van der Waals surface area contributed by atoms with E-state index in [2.05, 4.69) is 17.9 Å². The quantitative estimate of drug-likeness (QED) is 0.739. The average Bonchev–Trinajstić information content (AvgIpc) is 3.15. The summed E-state index contributed by atoms with van der Waals surface area (Å²) in [4.78, 5) is 2.45. The van der Waals surface area contributed by atoms with Gasteiger partial charge in [0.2, 0.25) is 0 Å². The van der Waals surface area contributed by atoms with E-state index in [1.165, 1.54) is 18.4 Å². The van der Waals surface area contributed by atoms with E-state index in [0.717, 1.165) is 18.8 Å². The van der Waals surface area contributed by atoms with Crippen molar-refractivity contribution in [3.8, 4) is 0 Å². The molecule has 1 saturated carbocycles. The number of nitrogens with two attached hydrogens (primary N) is 1. The van der Waals surface area contributed by atoms with Crippen LogP contribution in [-0.2, 0) is 6.54 Å². The summed E-state index contributed by atoms with van der Waals surface area (Å²) < 4.78 is 0. The molecule has 1 fully saturated rings. The monoisotopic (exact) mass is 234 g/mol. The summed E-state index contributed by atoms with van der Waals surface area (Å²) in [5.74, 6) is 0.334. The first-order valence-corrected chi connectivity index (χ1v) is 6.39. The van der Waals surface area contributed by atoms with Crippen LogP contribution in [0.1, 0.15) is 25.3 Å². The van der Waals surface area contributed by atoms with Crippen LogP contribution in [0.2, 0.25) is 0 Å². The number of anilines is 1. The van der Waals surface area contributed by atoms with Crippen LogP contribution in [0.25, 0.3) is 0 Å². The van der Waals surface area contributed by atoms with Gasteiger partial charge >= 0.3 is 0 Å². The Balaban J connectivity index is 2.00. The number of rotatable bonds is 6. The van der Waals surface area contributed by atoms with Crippen molar-refractivity contribution in [2.24, 2.45) is 5.92 Å². The smallest absolute Gasteiger partial charge is 0.0468 e. The molecular formula is C14H22N2O. The number of aliphatic hydroxyl groups excluding tert-OH is 1. The second-order valence-corrected chi connectivity index (χ2v) is 5.15. The van der Waals surface area contributed by atoms with Crippen LogP contribution in [-0.4, -0.2) is 29.2 Å². The number of nitrogens with zero attached hydrogens (tertiary/aromatic N) is 1. The second-order valence-electron chi connectivity index (χ2n) is 5.15. The molecule has 3 nitrogen and oxygen atoms in total. The predicted molar refractivity (Wildman–Crippen MR) is 70.5 cm³/mol. The van der Waals surface area contributed by atoms with Gasteiger partial charge in [0.05, 0.1) is 0 Å². The van der Waals surface area contributed by atoms with Crippen LogP contribution in [0.3, 0.4) is 0 Å². The van der Waals surface area contributed by atoms with Crippen molar-refractivity contribution in [1.29, 1.82) is 0 Å². The van der Waals surface area contributed by atoms with Crippen molar-refractivity contribution in [1.82, 2.24) is 4.90 Å². The minimum Gasteiger partial charge on any atom is -0.398 e. The van der Waals surface area contributed by atoms with E-state index in [9.17, 15) is 0 Å². The maximum absolute atomic E-state index is 9.16. The highest BCUT2D eigenvalue weighted by Crippen LogP contribution is 2.29. The minimum atomic E-state index is 0.257. The van der Waals surface area contributed by atoms with Gasteiger partial charge in [0.25, 0.3) is 0 Å². The maximum atomic E-state index is 9.16. The summed E-state index contributed by atoms with van der Waals surface area (Å²) in [5, 5.41) is 9.16. The Bertz CT molecular complexity index is 363. The van der Waals surface area contributed by atoms with E-state index in [0.29, 0.717) is 12.0 Å². The summed E-state index contributed by atoms with van der Waals surface area (Å²) in [6.07, 6.45) is 2.57. The highest BCUT2D eigenvalue weighted by molar-refractivity contribution is 5.46. The van der Waals surface area contributed by atoms with Crippen LogP contribution >= 0.6 is 0 Å². The number of aliphatic hydroxyl groups is 1. The number of hydrogen-bond acceptors (Lipinski definition) is 3. The first kappa shape index (κ1) is 12.4. The van der Waals surface area contributed by atoms with Gasteiger partial charge in [-0.25, -0.2) is 0 Å². The second kappa shape index (κ2) is 5.52. The van der Waals surface area contributed by atoms with Crippen molar-refractivity contribution < 1.29 is 5.11 Å². The zero-order chi connectivity index (χ0) is 12.3. The fraction of sp³-hybridized carbons (Fsp3) is 0.571. The van der Waals surface area contributed by atoms with Gasteiger partial charge in [0.15, 0.2) is 0 Å². The molecule has 3 heteroatoms. The molecule has 0 aliphatic heterocycles. The zero-order valence-corrected chi connectivity index (χ0v) is 10.5. The zero-order valence-electron chi connectivity index (χ0n) is 10.5. The fourth-order valence-electron chi connectivity index (χ4n) is 2.14. The van der Waals surface area contributed by atoms with Crippen molar-refractivity contribution in [2.45, 2.75) is 32.4 Å². The molecule has 0 amide bonds. The van der Waals surface area contributed by atoms with Crippen molar-refractivity contribution >= 4 is 5.69 Å². The summed E-state index contributed by atoms with van der Waals surface area (Å²) >= 11 is 0. The third-order valence-corrected chi connectivity index (χ3v) is 3.35. The van der Waals surface area contributed by atoms with Crippen molar-refractivity contribution in [2.75, 3.05) is 18.9 Å². The standard InChI is InChI=1S/C14H22N2O/c1-11(10-17)8-16(13-6-7-13)9-12-4-2-3-5-14(12)15/h2-5,11,13,17H,6-10,15H2,1H3. The highest BCUT2D eigenvalue weighted by Gasteiger charge is 2.29. The third-order valence-electron chi connectivity index (χ3n) is 3.35. The van der Waals surface area contributed by atoms with Crippen molar-refractivity contribution in [3.05, 3.63) is 29.8 Å². The van der Waals surface area contributed by atoms with Crippen molar-refractivity contribution in [3.63, 3.8) is 0 Å². The van der Waals surface area contributed by atoms with E-state index in [1.807, 2.05) is 18.2 Å². The molecule has 2 rings (SSSR count). The molecule has 17 heavy (non-hydrogen) atoms. The van der Waals surface area contributed by atoms with Gasteiger partial charge < -0.3 is 10.8 Å². The molecule has 0 saturated heterocycles. The largest absolute Gasteiger partial charge is 0.398 e. The molecule has 0 spiro atoms. The molecule has 1 unspecified atom stereocenters. The SMILES string of the molecule is CC(CO)CN(Cc1ccccc1N)C1CC1. The van der Waals surface area contributed by atoms with Crippen LogP contribution in [0.4, 0.5) is 5.69 Å². The third kappa shape index (κ3) is 3.45. The molecule has 3 N–H and O–H groups in total. The molecule has 1 aliphatic rings. The van der Waals surface area contributed by atoms with Crippen LogP contribution < -0.4 is 5.73 Å². The first-order chi connectivity index (χ1) is 8.20. The molecule has 0 heterocycles. The van der Waals surface area contributed by atoms with Crippen LogP contribution in [0, 0.1) is 5.92 Å². The summed E-state index contributed by atoms with van der Waals surface area (Å²) in [6.45, 7) is 4.20. The van der Waals surface area contributed by atoms with Crippen LogP contribution in [0.5, 0.6) is 0 Å². The van der Waals surface area contributed by atoms with E-state index in [1.54, 1.807) is 0 Å². The van der Waals surface area contributed by atoms with Gasteiger partial charge in [-0.3, -0.25) is 4.90 Å². The molecule has 94 valence electrons. The van der Waals surface area contributed by atoms with Gasteiger partial charge in [-0.15, -0.1) is 0 Å². The Hall–Kier alpha value is -1.06. The number of hydrogen-bond donors (Lipinski definition) is 2. The van der Waals surface area contributed by atoms with Gasteiger partial charge in [-0.2, -0.15) is 0 Å². The molecule has 0 bridgehead atoms. The number of para-hydroxylation sites is 1. The Kier molecular flexibility index (Phi) is 4.02. The molecule has 1 aromatic carbocycles. The Morgan fingerprint density at radius 1 is 1.41 bits per heavy atom. The Morgan fingerprint density at radius 2 is 2.12 bits per heavy atom. The van der Waals surface area contributed by atoms with Gasteiger partial charge in [0, 0.05) is 31.4 Å². The maximum Gasteiger partial charge on any atom is 0.0468 e. The lowest BCUT2D eigenvalue weighted by molar-refractivity contribution is 0.163. The van der Waals surface area contributed by atoms with E-state index >= 15 is 0 Å².